The van der Waals surface area contributed by atoms with Crippen molar-refractivity contribution in [2.75, 3.05) is 5.73 Å². The predicted molar refractivity (Wildman–Crippen MR) is 81.5 cm³/mol. The third kappa shape index (κ3) is 4.99. The summed E-state index contributed by atoms with van der Waals surface area (Å²) in [7, 11) is 0. The van der Waals surface area contributed by atoms with Gasteiger partial charge in [-0.25, -0.2) is 4.98 Å². The lowest BCUT2D eigenvalue weighted by atomic mass is 10.3. The number of alkyl halides is 3. The monoisotopic (exact) mass is 343 g/mol. The predicted octanol–water partition coefficient (Wildman–Crippen LogP) is 3.99. The van der Waals surface area contributed by atoms with Crippen LogP contribution in [0.15, 0.2) is 35.8 Å². The van der Waals surface area contributed by atoms with Gasteiger partial charge in [-0.05, 0) is 30.3 Å². The van der Waals surface area contributed by atoms with Crippen LogP contribution in [0.2, 0.25) is 0 Å². The Hall–Kier alpha value is -2.55. The summed E-state index contributed by atoms with van der Waals surface area (Å²) in [4.78, 5) is 17.8. The molecular formula is C14H12F3N3O2S. The number of thiazole rings is 1. The minimum absolute atomic E-state index is 0.0511. The summed E-state index contributed by atoms with van der Waals surface area (Å²) in [5, 5.41) is 0. The van der Waals surface area contributed by atoms with Crippen molar-refractivity contribution in [2.24, 2.45) is 0 Å². The summed E-state index contributed by atoms with van der Waals surface area (Å²) in [6.45, 7) is 1.54. The van der Waals surface area contributed by atoms with Gasteiger partial charge in [-0.15, -0.1) is 24.5 Å². The molecule has 9 heteroatoms. The number of Topliss-reactive ketones (excluding diaryl/α,β-unsaturated/α-hetero) is 1. The molecule has 0 unspecified atom stereocenters. The highest BCUT2D eigenvalue weighted by atomic mass is 32.1. The average molecular weight is 343 g/mol. The summed E-state index contributed by atoms with van der Waals surface area (Å²) in [6, 6.07) is 6.81. The van der Waals surface area contributed by atoms with Gasteiger partial charge in [0.05, 0.1) is 15.9 Å². The van der Waals surface area contributed by atoms with Crippen LogP contribution in [0.1, 0.15) is 17.4 Å². The Bertz CT molecular complexity index is 765. The van der Waals surface area contributed by atoms with Crippen molar-refractivity contribution in [3.63, 3.8) is 0 Å². The maximum atomic E-state index is 11.6. The van der Waals surface area contributed by atoms with Gasteiger partial charge in [0.15, 0.2) is 5.78 Å². The van der Waals surface area contributed by atoms with E-state index in [0.717, 1.165) is 22.5 Å². The summed E-state index contributed by atoms with van der Waals surface area (Å²) >= 11 is 1.53. The van der Waals surface area contributed by atoms with E-state index in [1.165, 1.54) is 30.4 Å². The van der Waals surface area contributed by atoms with Gasteiger partial charge in [-0.1, -0.05) is 0 Å². The second-order valence-corrected chi connectivity index (χ2v) is 5.31. The molecule has 0 saturated heterocycles. The Morgan fingerprint density at radius 2 is 1.96 bits per heavy atom. The number of fused-ring (bicyclic) bond motifs is 1. The first-order valence-corrected chi connectivity index (χ1v) is 7.17. The van der Waals surface area contributed by atoms with Crippen molar-refractivity contribution in [3.8, 4) is 5.75 Å². The molecule has 0 spiro atoms. The summed E-state index contributed by atoms with van der Waals surface area (Å²) in [6.07, 6.45) is -4.64. The number of carbonyl (C=O) groups is 1. The minimum Gasteiger partial charge on any atom is -0.406 e. The number of aromatic nitrogens is 2. The minimum atomic E-state index is -4.64. The average Bonchev–Trinajstić information content (AvgIpc) is 3.01. The fraction of sp³-hybridized carbons (Fsp3) is 0.143. The SMILES string of the molecule is CC(=O)c1cc2scnc2[nH]1.Nc1ccc(OC(F)(F)F)cc1. The van der Waals surface area contributed by atoms with Gasteiger partial charge >= 0.3 is 6.36 Å². The molecule has 0 bridgehead atoms. The van der Waals surface area contributed by atoms with Crippen molar-refractivity contribution in [2.45, 2.75) is 13.3 Å². The largest absolute Gasteiger partial charge is 0.573 e. The third-order valence-corrected chi connectivity index (χ3v) is 3.39. The highest BCUT2D eigenvalue weighted by Gasteiger charge is 2.30. The van der Waals surface area contributed by atoms with E-state index in [1.807, 2.05) is 6.07 Å². The number of aromatic amines is 1. The molecule has 1 aromatic carbocycles. The van der Waals surface area contributed by atoms with Crippen LogP contribution in [-0.2, 0) is 0 Å². The molecule has 2 aromatic heterocycles. The number of hydrogen-bond acceptors (Lipinski definition) is 5. The van der Waals surface area contributed by atoms with Crippen LogP contribution < -0.4 is 10.5 Å². The summed E-state index contributed by atoms with van der Waals surface area (Å²) in [5.74, 6) is -0.216. The van der Waals surface area contributed by atoms with Crippen LogP contribution in [-0.4, -0.2) is 22.1 Å². The normalized spacial score (nSPS) is 11.0. The Labute approximate surface area is 132 Å². The molecule has 0 atom stereocenters. The number of hydrogen-bond donors (Lipinski definition) is 2. The number of halogens is 3. The molecule has 3 aromatic rings. The first kappa shape index (κ1) is 16.8. The Kier molecular flexibility index (Phi) is 4.89. The molecule has 122 valence electrons. The zero-order valence-electron chi connectivity index (χ0n) is 11.8. The molecule has 0 aliphatic rings. The van der Waals surface area contributed by atoms with E-state index in [4.69, 9.17) is 5.73 Å². The van der Waals surface area contributed by atoms with Crippen LogP contribution in [0, 0.1) is 0 Å². The molecule has 0 fully saturated rings. The van der Waals surface area contributed by atoms with Crippen LogP contribution in [0.4, 0.5) is 18.9 Å². The molecule has 0 aliphatic heterocycles. The number of anilines is 1. The van der Waals surface area contributed by atoms with Crippen molar-refractivity contribution in [1.82, 2.24) is 9.97 Å². The third-order valence-electron chi connectivity index (χ3n) is 2.62. The van der Waals surface area contributed by atoms with Gasteiger partial charge in [0, 0.05) is 12.6 Å². The van der Waals surface area contributed by atoms with Gasteiger partial charge < -0.3 is 15.5 Å². The van der Waals surface area contributed by atoms with Crippen molar-refractivity contribution in [3.05, 3.63) is 41.5 Å². The lowest BCUT2D eigenvalue weighted by Crippen LogP contribution is -2.16. The number of nitrogens with one attached hydrogen (secondary N) is 1. The van der Waals surface area contributed by atoms with Gasteiger partial charge in [-0.2, -0.15) is 0 Å². The second kappa shape index (κ2) is 6.69. The number of nitrogens with two attached hydrogens (primary N) is 1. The zero-order chi connectivity index (χ0) is 17.0. The standard InChI is InChI=1S/C7H6F3NO.C7H6N2OS/c8-7(9,10)12-6-3-1-5(11)2-4-6;1-4(10)5-2-6-7(9-5)8-3-11-6/h1-4H,11H2;2-3,9H,1H3. The number of benzene rings is 1. The molecule has 5 nitrogen and oxygen atoms in total. The quantitative estimate of drug-likeness (QED) is 0.544. The molecule has 23 heavy (non-hydrogen) atoms. The molecule has 2 heterocycles. The van der Waals surface area contributed by atoms with Gasteiger partial charge in [-0.3, -0.25) is 4.79 Å². The second-order valence-electron chi connectivity index (χ2n) is 4.42. The number of nitrogens with zero attached hydrogens (tertiary/aromatic N) is 1. The molecule has 0 amide bonds. The summed E-state index contributed by atoms with van der Waals surface area (Å²) in [5.41, 5.74) is 8.85. The first-order chi connectivity index (χ1) is 10.7. The number of ether oxygens (including phenoxy) is 1. The van der Waals surface area contributed by atoms with Crippen LogP contribution >= 0.6 is 11.3 Å². The van der Waals surface area contributed by atoms with Crippen LogP contribution in [0.5, 0.6) is 5.75 Å². The Balaban J connectivity index is 0.000000167. The topological polar surface area (TPSA) is 81.0 Å². The maximum Gasteiger partial charge on any atom is 0.573 e. The molecule has 3 rings (SSSR count). The highest BCUT2D eigenvalue weighted by molar-refractivity contribution is 7.16. The smallest absolute Gasteiger partial charge is 0.406 e. The lowest BCUT2D eigenvalue weighted by molar-refractivity contribution is -0.274. The fourth-order valence-electron chi connectivity index (χ4n) is 1.61. The first-order valence-electron chi connectivity index (χ1n) is 6.29. The van der Waals surface area contributed by atoms with Crippen LogP contribution in [0.3, 0.4) is 0 Å². The van der Waals surface area contributed by atoms with E-state index in [1.54, 1.807) is 5.51 Å². The van der Waals surface area contributed by atoms with E-state index >= 15 is 0 Å². The number of H-pyrrole nitrogens is 1. The number of ketones is 1. The number of carbonyl (C=O) groups excluding carboxylic acids is 1. The molecule has 0 aliphatic carbocycles. The van der Waals surface area contributed by atoms with Crippen LogP contribution in [0.25, 0.3) is 10.3 Å². The van der Waals surface area contributed by atoms with E-state index in [0.29, 0.717) is 11.4 Å². The molecular weight excluding hydrogens is 331 g/mol. The maximum absolute atomic E-state index is 11.6. The molecule has 3 N–H and O–H groups in total. The van der Waals surface area contributed by atoms with E-state index < -0.39 is 6.36 Å². The van der Waals surface area contributed by atoms with Crippen molar-refractivity contribution < 1.29 is 22.7 Å². The van der Waals surface area contributed by atoms with Gasteiger partial charge in [0.1, 0.15) is 11.4 Å². The Morgan fingerprint density at radius 1 is 1.30 bits per heavy atom. The molecule has 0 saturated carbocycles. The van der Waals surface area contributed by atoms with Gasteiger partial charge in [0.25, 0.3) is 0 Å². The zero-order valence-corrected chi connectivity index (χ0v) is 12.7. The van der Waals surface area contributed by atoms with E-state index in [9.17, 15) is 18.0 Å². The van der Waals surface area contributed by atoms with Crippen molar-refractivity contribution in [1.29, 1.82) is 0 Å². The van der Waals surface area contributed by atoms with Crippen molar-refractivity contribution >= 4 is 33.2 Å². The number of rotatable bonds is 2. The number of nitrogen functional groups attached to an aromatic ring is 1. The molecule has 0 radical (unpaired) electrons. The highest BCUT2D eigenvalue weighted by Crippen LogP contribution is 2.23. The van der Waals surface area contributed by atoms with E-state index in [-0.39, 0.29) is 11.5 Å². The van der Waals surface area contributed by atoms with E-state index in [2.05, 4.69) is 14.7 Å². The Morgan fingerprint density at radius 3 is 2.48 bits per heavy atom. The summed E-state index contributed by atoms with van der Waals surface area (Å²) < 4.78 is 39.4. The lowest BCUT2D eigenvalue weighted by Gasteiger charge is -2.07. The van der Waals surface area contributed by atoms with Gasteiger partial charge in [0.2, 0.25) is 0 Å². The fourth-order valence-corrected chi connectivity index (χ4v) is 2.28.